The zero-order chi connectivity index (χ0) is 12.0. The summed E-state index contributed by atoms with van der Waals surface area (Å²) in [6.07, 6.45) is 3.50. The van der Waals surface area contributed by atoms with E-state index in [1.54, 1.807) is 6.07 Å². The lowest BCUT2D eigenvalue weighted by Gasteiger charge is -2.20. The van der Waals surface area contributed by atoms with Gasteiger partial charge in [0.2, 0.25) is 0 Å². The van der Waals surface area contributed by atoms with E-state index in [4.69, 9.17) is 11.6 Å². The van der Waals surface area contributed by atoms with E-state index in [0.717, 1.165) is 16.2 Å². The standard InChI is InChI=1S/C12H15ClN2OS/c1-6-8(13)5-11(17-6)12(16)15-10-4-7-2-3-9(10)14-7/h5,7,9-10,14H,2-4H2,1H3,(H,15,16). The molecule has 2 saturated heterocycles. The maximum absolute atomic E-state index is 12.1. The molecule has 0 saturated carbocycles. The van der Waals surface area contributed by atoms with Crippen LogP contribution in [0.5, 0.6) is 0 Å². The van der Waals surface area contributed by atoms with Crippen LogP contribution in [0, 0.1) is 6.92 Å². The minimum absolute atomic E-state index is 0.0179. The van der Waals surface area contributed by atoms with Crippen LogP contribution in [0.1, 0.15) is 33.8 Å². The first kappa shape index (κ1) is 11.5. The van der Waals surface area contributed by atoms with E-state index >= 15 is 0 Å². The van der Waals surface area contributed by atoms with Gasteiger partial charge in [-0.1, -0.05) is 11.6 Å². The second-order valence-electron chi connectivity index (χ2n) is 4.88. The van der Waals surface area contributed by atoms with Gasteiger partial charge in [-0.05, 0) is 32.3 Å². The van der Waals surface area contributed by atoms with Crippen LogP contribution in [0.25, 0.3) is 0 Å². The van der Waals surface area contributed by atoms with Crippen LogP contribution in [-0.4, -0.2) is 24.0 Å². The molecule has 1 amide bonds. The van der Waals surface area contributed by atoms with Gasteiger partial charge in [0.05, 0.1) is 9.90 Å². The third-order valence-electron chi connectivity index (χ3n) is 3.70. The molecule has 3 rings (SSSR count). The SMILES string of the molecule is Cc1sc(C(=O)NC2CC3CCC2N3)cc1Cl. The van der Waals surface area contributed by atoms with Crippen molar-refractivity contribution in [3.8, 4) is 0 Å². The fourth-order valence-electron chi connectivity index (χ4n) is 2.79. The number of halogens is 1. The Bertz CT molecular complexity index is 440. The number of aryl methyl sites for hydroxylation is 1. The number of carbonyl (C=O) groups is 1. The molecule has 2 aliphatic rings. The van der Waals surface area contributed by atoms with Crippen molar-refractivity contribution in [1.82, 2.24) is 10.6 Å². The first-order valence-corrected chi connectivity index (χ1v) is 7.16. The van der Waals surface area contributed by atoms with Gasteiger partial charge in [0.15, 0.2) is 0 Å². The molecule has 0 spiro atoms. The third kappa shape index (κ3) is 2.09. The molecule has 0 aliphatic carbocycles. The summed E-state index contributed by atoms with van der Waals surface area (Å²) in [6.45, 7) is 1.93. The number of fused-ring (bicyclic) bond motifs is 2. The molecule has 2 bridgehead atoms. The number of carbonyl (C=O) groups excluding carboxylic acids is 1. The Balaban J connectivity index is 1.67. The first-order chi connectivity index (χ1) is 8.13. The molecular weight excluding hydrogens is 256 g/mol. The van der Waals surface area contributed by atoms with E-state index in [1.165, 1.54) is 24.2 Å². The zero-order valence-corrected chi connectivity index (χ0v) is 11.2. The molecule has 5 heteroatoms. The zero-order valence-electron chi connectivity index (χ0n) is 9.63. The maximum Gasteiger partial charge on any atom is 0.261 e. The summed E-state index contributed by atoms with van der Waals surface area (Å²) in [4.78, 5) is 13.8. The highest BCUT2D eigenvalue weighted by Gasteiger charge is 2.39. The average Bonchev–Trinajstić information content (AvgIpc) is 2.95. The molecule has 3 heterocycles. The Morgan fingerprint density at radius 1 is 1.59 bits per heavy atom. The first-order valence-electron chi connectivity index (χ1n) is 5.96. The Morgan fingerprint density at radius 2 is 2.41 bits per heavy atom. The monoisotopic (exact) mass is 270 g/mol. The van der Waals surface area contributed by atoms with Crippen molar-refractivity contribution in [3.05, 3.63) is 20.8 Å². The largest absolute Gasteiger partial charge is 0.347 e. The van der Waals surface area contributed by atoms with E-state index in [9.17, 15) is 4.79 Å². The summed E-state index contributed by atoms with van der Waals surface area (Å²) in [5.41, 5.74) is 0. The van der Waals surface area contributed by atoms with Crippen LogP contribution in [0.3, 0.4) is 0 Å². The van der Waals surface area contributed by atoms with Crippen LogP contribution in [0.2, 0.25) is 5.02 Å². The molecule has 2 aliphatic heterocycles. The minimum atomic E-state index is 0.0179. The number of amides is 1. The molecule has 2 fully saturated rings. The van der Waals surface area contributed by atoms with E-state index in [1.807, 2.05) is 6.92 Å². The van der Waals surface area contributed by atoms with E-state index in [0.29, 0.717) is 23.1 Å². The van der Waals surface area contributed by atoms with Gasteiger partial charge in [0.1, 0.15) is 0 Å². The van der Waals surface area contributed by atoms with Crippen molar-refractivity contribution in [2.24, 2.45) is 0 Å². The Labute approximate surface area is 110 Å². The quantitative estimate of drug-likeness (QED) is 0.866. The maximum atomic E-state index is 12.1. The van der Waals surface area contributed by atoms with Crippen LogP contribution in [-0.2, 0) is 0 Å². The number of hydrogen-bond acceptors (Lipinski definition) is 3. The van der Waals surface area contributed by atoms with Crippen molar-refractivity contribution in [3.63, 3.8) is 0 Å². The molecule has 3 nitrogen and oxygen atoms in total. The molecule has 0 radical (unpaired) electrons. The molecule has 3 atom stereocenters. The van der Waals surface area contributed by atoms with Gasteiger partial charge in [0.25, 0.3) is 5.91 Å². The highest BCUT2D eigenvalue weighted by molar-refractivity contribution is 7.14. The van der Waals surface area contributed by atoms with Crippen LogP contribution < -0.4 is 10.6 Å². The third-order valence-corrected chi connectivity index (χ3v) is 5.25. The number of hydrogen-bond donors (Lipinski definition) is 2. The van der Waals surface area contributed by atoms with Crippen molar-refractivity contribution >= 4 is 28.8 Å². The normalized spacial score (nSPS) is 30.8. The van der Waals surface area contributed by atoms with Gasteiger partial charge in [-0.2, -0.15) is 0 Å². The van der Waals surface area contributed by atoms with Crippen molar-refractivity contribution in [2.75, 3.05) is 0 Å². The highest BCUT2D eigenvalue weighted by Crippen LogP contribution is 2.30. The molecule has 0 aromatic carbocycles. The topological polar surface area (TPSA) is 41.1 Å². The Kier molecular flexibility index (Phi) is 2.89. The van der Waals surface area contributed by atoms with Gasteiger partial charge in [-0.3, -0.25) is 4.79 Å². The predicted octanol–water partition coefficient (Wildman–Crippen LogP) is 2.33. The lowest BCUT2D eigenvalue weighted by molar-refractivity contribution is 0.0935. The van der Waals surface area contributed by atoms with E-state index in [-0.39, 0.29) is 5.91 Å². The lowest BCUT2D eigenvalue weighted by Crippen LogP contribution is -2.42. The second kappa shape index (κ2) is 4.26. The summed E-state index contributed by atoms with van der Waals surface area (Å²) >= 11 is 7.43. The molecule has 3 unspecified atom stereocenters. The van der Waals surface area contributed by atoms with Crippen LogP contribution in [0.4, 0.5) is 0 Å². The molecule has 2 N–H and O–H groups in total. The summed E-state index contributed by atoms with van der Waals surface area (Å²) in [5.74, 6) is 0.0179. The van der Waals surface area contributed by atoms with Crippen LogP contribution in [0.15, 0.2) is 6.07 Å². The van der Waals surface area contributed by atoms with E-state index < -0.39 is 0 Å². The number of nitrogens with one attached hydrogen (secondary N) is 2. The van der Waals surface area contributed by atoms with Gasteiger partial charge in [-0.25, -0.2) is 0 Å². The fraction of sp³-hybridized carbons (Fsp3) is 0.583. The summed E-state index contributed by atoms with van der Waals surface area (Å²) in [7, 11) is 0. The predicted molar refractivity (Wildman–Crippen MR) is 69.9 cm³/mol. The Hall–Kier alpha value is -0.580. The van der Waals surface area contributed by atoms with Crippen molar-refractivity contribution in [2.45, 2.75) is 44.3 Å². The highest BCUT2D eigenvalue weighted by atomic mass is 35.5. The average molecular weight is 271 g/mol. The summed E-state index contributed by atoms with van der Waals surface area (Å²) < 4.78 is 0. The summed E-state index contributed by atoms with van der Waals surface area (Å²) in [6, 6.07) is 3.14. The Morgan fingerprint density at radius 3 is 2.94 bits per heavy atom. The molecular formula is C12H15ClN2OS. The molecule has 92 valence electrons. The second-order valence-corrected chi connectivity index (χ2v) is 6.54. The summed E-state index contributed by atoms with van der Waals surface area (Å²) in [5, 5.41) is 7.32. The lowest BCUT2D eigenvalue weighted by atomic mass is 9.95. The fourth-order valence-corrected chi connectivity index (χ4v) is 3.90. The number of thiophene rings is 1. The molecule has 1 aromatic rings. The smallest absolute Gasteiger partial charge is 0.261 e. The van der Waals surface area contributed by atoms with Gasteiger partial charge in [0, 0.05) is 23.0 Å². The van der Waals surface area contributed by atoms with Crippen LogP contribution >= 0.6 is 22.9 Å². The number of rotatable bonds is 2. The van der Waals surface area contributed by atoms with Gasteiger partial charge >= 0.3 is 0 Å². The molecule has 1 aromatic heterocycles. The van der Waals surface area contributed by atoms with Gasteiger partial charge < -0.3 is 10.6 Å². The van der Waals surface area contributed by atoms with E-state index in [2.05, 4.69) is 10.6 Å². The minimum Gasteiger partial charge on any atom is -0.347 e. The van der Waals surface area contributed by atoms with Crippen molar-refractivity contribution < 1.29 is 4.79 Å². The van der Waals surface area contributed by atoms with Crippen molar-refractivity contribution in [1.29, 1.82) is 0 Å². The van der Waals surface area contributed by atoms with Gasteiger partial charge in [-0.15, -0.1) is 11.3 Å². The molecule has 17 heavy (non-hydrogen) atoms.